The summed E-state index contributed by atoms with van der Waals surface area (Å²) in [4.78, 5) is 0. The summed E-state index contributed by atoms with van der Waals surface area (Å²) in [6.45, 7) is 0.421. The number of hydrogen-bond acceptors (Lipinski definition) is 5. The van der Waals surface area contributed by atoms with E-state index in [1.54, 1.807) is 5.01 Å². The lowest BCUT2D eigenvalue weighted by molar-refractivity contribution is 0.254. The van der Waals surface area contributed by atoms with Crippen LogP contribution in [0.4, 0.5) is 11.4 Å². The van der Waals surface area contributed by atoms with Gasteiger partial charge in [0.2, 0.25) is 0 Å². The second kappa shape index (κ2) is 3.78. The molecule has 1 atom stereocenters. The van der Waals surface area contributed by atoms with Gasteiger partial charge in [0.05, 0.1) is 12.2 Å². The fourth-order valence-electron chi connectivity index (χ4n) is 1.47. The van der Waals surface area contributed by atoms with E-state index in [1.165, 1.54) is 0 Å². The summed E-state index contributed by atoms with van der Waals surface area (Å²) in [6.07, 6.45) is -0.658. The molecular formula is C10H14N4O. The second-order valence-corrected chi connectivity index (χ2v) is 3.42. The molecule has 5 heteroatoms. The number of nitrogens with zero attached hydrogens (tertiary/aromatic N) is 2. The standard InChI is InChI=1S/C10H14N4O/c1-12-7-2-4-8(5-3-7)14-6-9(15)10(11)13-14/h2-5,9,12,15H,6H2,1H3,(H2,11,13). The number of β-amino-alcohol motifs (C(OH)–C–C–N with tert-alkyl or cyclic N) is 1. The Bertz CT molecular complexity index is 374. The van der Waals surface area contributed by atoms with Crippen LogP contribution in [-0.4, -0.2) is 30.6 Å². The van der Waals surface area contributed by atoms with E-state index < -0.39 is 6.10 Å². The largest absolute Gasteiger partial charge is 0.388 e. The Balaban J connectivity index is 2.17. The van der Waals surface area contributed by atoms with Gasteiger partial charge in [-0.15, -0.1) is 0 Å². The summed E-state index contributed by atoms with van der Waals surface area (Å²) in [5, 5.41) is 18.2. The van der Waals surface area contributed by atoms with Crippen LogP contribution in [0.25, 0.3) is 0 Å². The molecule has 0 aromatic heterocycles. The van der Waals surface area contributed by atoms with Gasteiger partial charge in [-0.1, -0.05) is 0 Å². The highest BCUT2D eigenvalue weighted by atomic mass is 16.3. The minimum atomic E-state index is -0.658. The molecule has 15 heavy (non-hydrogen) atoms. The highest BCUT2D eigenvalue weighted by Gasteiger charge is 2.22. The van der Waals surface area contributed by atoms with E-state index >= 15 is 0 Å². The number of hydrazone groups is 1. The van der Waals surface area contributed by atoms with E-state index in [4.69, 9.17) is 5.73 Å². The molecular weight excluding hydrogens is 192 g/mol. The van der Waals surface area contributed by atoms with Gasteiger partial charge in [-0.2, -0.15) is 5.10 Å². The van der Waals surface area contributed by atoms with Crippen LogP contribution in [0.15, 0.2) is 29.4 Å². The van der Waals surface area contributed by atoms with Crippen LogP contribution in [0.3, 0.4) is 0 Å². The average molecular weight is 206 g/mol. The smallest absolute Gasteiger partial charge is 0.151 e. The Kier molecular flexibility index (Phi) is 2.47. The van der Waals surface area contributed by atoms with Crippen molar-refractivity contribution >= 4 is 17.2 Å². The molecule has 0 saturated heterocycles. The van der Waals surface area contributed by atoms with Crippen LogP contribution < -0.4 is 16.1 Å². The molecule has 1 heterocycles. The monoisotopic (exact) mass is 206 g/mol. The van der Waals surface area contributed by atoms with Crippen LogP contribution in [0.5, 0.6) is 0 Å². The van der Waals surface area contributed by atoms with E-state index in [9.17, 15) is 5.11 Å². The average Bonchev–Trinajstić information content (AvgIpc) is 2.59. The first kappa shape index (κ1) is 9.79. The van der Waals surface area contributed by atoms with Gasteiger partial charge in [0, 0.05) is 12.7 Å². The molecule has 2 rings (SSSR count). The fourth-order valence-corrected chi connectivity index (χ4v) is 1.47. The summed E-state index contributed by atoms with van der Waals surface area (Å²) in [5.74, 6) is 0.271. The second-order valence-electron chi connectivity index (χ2n) is 3.42. The van der Waals surface area contributed by atoms with Gasteiger partial charge in [-0.3, -0.25) is 5.01 Å². The summed E-state index contributed by atoms with van der Waals surface area (Å²) in [5.41, 5.74) is 7.47. The SMILES string of the molecule is CNc1ccc(N2CC(O)C(N)=N2)cc1. The van der Waals surface area contributed by atoms with Crippen LogP contribution in [0, 0.1) is 0 Å². The van der Waals surface area contributed by atoms with Crippen molar-refractivity contribution in [3.8, 4) is 0 Å². The van der Waals surface area contributed by atoms with Crippen molar-refractivity contribution in [3.63, 3.8) is 0 Å². The summed E-state index contributed by atoms with van der Waals surface area (Å²) >= 11 is 0. The molecule has 1 aliphatic rings. The first-order valence-corrected chi connectivity index (χ1v) is 4.78. The molecule has 0 fully saturated rings. The van der Waals surface area contributed by atoms with Crippen molar-refractivity contribution < 1.29 is 5.11 Å². The maximum absolute atomic E-state index is 9.42. The van der Waals surface area contributed by atoms with Crippen molar-refractivity contribution in [1.82, 2.24) is 0 Å². The van der Waals surface area contributed by atoms with E-state index in [2.05, 4.69) is 10.4 Å². The number of rotatable bonds is 2. The lowest BCUT2D eigenvalue weighted by Crippen LogP contribution is -2.28. The minimum absolute atomic E-state index is 0.271. The maximum atomic E-state index is 9.42. The number of nitrogens with two attached hydrogens (primary N) is 1. The Hall–Kier alpha value is -1.75. The number of hydrogen-bond donors (Lipinski definition) is 3. The normalized spacial score (nSPS) is 20.3. The van der Waals surface area contributed by atoms with Gasteiger partial charge in [0.15, 0.2) is 5.84 Å². The van der Waals surface area contributed by atoms with Gasteiger partial charge < -0.3 is 16.2 Å². The highest BCUT2D eigenvalue weighted by molar-refractivity contribution is 5.88. The number of anilines is 2. The van der Waals surface area contributed by atoms with E-state index in [1.807, 2.05) is 31.3 Å². The van der Waals surface area contributed by atoms with Crippen LogP contribution in [0.2, 0.25) is 0 Å². The summed E-state index contributed by atoms with van der Waals surface area (Å²) < 4.78 is 0. The molecule has 1 aromatic rings. The molecule has 1 unspecified atom stereocenters. The molecule has 0 saturated carbocycles. The van der Waals surface area contributed by atoms with Crippen LogP contribution in [-0.2, 0) is 0 Å². The number of benzene rings is 1. The Morgan fingerprint density at radius 2 is 2.13 bits per heavy atom. The van der Waals surface area contributed by atoms with Gasteiger partial charge in [-0.25, -0.2) is 0 Å². The summed E-state index contributed by atoms with van der Waals surface area (Å²) in [6, 6.07) is 7.76. The first-order valence-electron chi connectivity index (χ1n) is 4.78. The van der Waals surface area contributed by atoms with Crippen LogP contribution >= 0.6 is 0 Å². The number of amidine groups is 1. The topological polar surface area (TPSA) is 73.9 Å². The number of nitrogens with one attached hydrogen (secondary N) is 1. The van der Waals surface area contributed by atoms with Gasteiger partial charge in [0.1, 0.15) is 6.10 Å². The van der Waals surface area contributed by atoms with Crippen molar-refractivity contribution in [3.05, 3.63) is 24.3 Å². The highest BCUT2D eigenvalue weighted by Crippen LogP contribution is 2.20. The molecule has 80 valence electrons. The lowest BCUT2D eigenvalue weighted by Gasteiger charge is -2.14. The zero-order valence-electron chi connectivity index (χ0n) is 8.51. The number of aliphatic hydroxyl groups excluding tert-OH is 1. The first-order chi connectivity index (χ1) is 7.20. The molecule has 1 aromatic carbocycles. The third-order valence-electron chi connectivity index (χ3n) is 2.38. The maximum Gasteiger partial charge on any atom is 0.151 e. The molecule has 1 aliphatic heterocycles. The fraction of sp³-hybridized carbons (Fsp3) is 0.300. The molecule has 0 amide bonds. The molecule has 4 N–H and O–H groups in total. The van der Waals surface area contributed by atoms with E-state index in [-0.39, 0.29) is 5.84 Å². The minimum Gasteiger partial charge on any atom is -0.388 e. The van der Waals surface area contributed by atoms with Crippen molar-refractivity contribution in [2.45, 2.75) is 6.10 Å². The molecule has 0 radical (unpaired) electrons. The third kappa shape index (κ3) is 1.87. The summed E-state index contributed by atoms with van der Waals surface area (Å²) in [7, 11) is 1.87. The van der Waals surface area contributed by atoms with Gasteiger partial charge in [0.25, 0.3) is 0 Å². The zero-order valence-corrected chi connectivity index (χ0v) is 8.51. The Labute approximate surface area is 88.2 Å². The predicted octanol–water partition coefficient (Wildman–Crippen LogP) is 0.181. The Morgan fingerprint density at radius 3 is 2.60 bits per heavy atom. The van der Waals surface area contributed by atoms with Gasteiger partial charge >= 0.3 is 0 Å². The van der Waals surface area contributed by atoms with Crippen molar-refractivity contribution in [1.29, 1.82) is 0 Å². The lowest BCUT2D eigenvalue weighted by atomic mass is 10.2. The van der Waals surface area contributed by atoms with Gasteiger partial charge in [-0.05, 0) is 24.3 Å². The van der Waals surface area contributed by atoms with Crippen molar-refractivity contribution in [2.75, 3.05) is 23.9 Å². The van der Waals surface area contributed by atoms with Crippen molar-refractivity contribution in [2.24, 2.45) is 10.8 Å². The molecule has 5 nitrogen and oxygen atoms in total. The molecule has 0 bridgehead atoms. The van der Waals surface area contributed by atoms with E-state index in [0.717, 1.165) is 11.4 Å². The van der Waals surface area contributed by atoms with Crippen LogP contribution in [0.1, 0.15) is 0 Å². The zero-order chi connectivity index (χ0) is 10.8. The third-order valence-corrected chi connectivity index (χ3v) is 2.38. The van der Waals surface area contributed by atoms with E-state index in [0.29, 0.717) is 6.54 Å². The molecule has 0 spiro atoms. The predicted molar refractivity (Wildman–Crippen MR) is 61.0 cm³/mol. The Morgan fingerprint density at radius 1 is 1.47 bits per heavy atom. The molecule has 0 aliphatic carbocycles. The number of aliphatic hydroxyl groups is 1. The quantitative estimate of drug-likeness (QED) is 0.645.